The summed E-state index contributed by atoms with van der Waals surface area (Å²) in [5.41, 5.74) is 4.94. The van der Waals surface area contributed by atoms with Gasteiger partial charge in [0.2, 0.25) is 5.91 Å². The molecule has 8 heteroatoms. The van der Waals surface area contributed by atoms with E-state index in [4.69, 9.17) is 12.2 Å². The van der Waals surface area contributed by atoms with Crippen molar-refractivity contribution in [2.75, 3.05) is 11.9 Å². The minimum absolute atomic E-state index is 0.0918. The first-order valence-electron chi connectivity index (χ1n) is 12.2. The minimum atomic E-state index is -0.286. The second-order valence-electron chi connectivity index (χ2n) is 9.10. The molecule has 0 saturated carbocycles. The van der Waals surface area contributed by atoms with E-state index in [1.165, 1.54) is 6.07 Å². The highest BCUT2D eigenvalue weighted by Crippen LogP contribution is 2.41. The normalized spacial score (nSPS) is 17.1. The number of carbonyl (C=O) groups is 1. The van der Waals surface area contributed by atoms with Crippen LogP contribution in [0, 0.1) is 19.7 Å². The summed E-state index contributed by atoms with van der Waals surface area (Å²) in [5, 5.41) is 6.93. The number of halogens is 1. The van der Waals surface area contributed by atoms with Gasteiger partial charge in [0.1, 0.15) is 5.82 Å². The maximum absolute atomic E-state index is 14.8. The Bertz CT molecular complexity index is 1420. The molecule has 0 bridgehead atoms. The van der Waals surface area contributed by atoms with Crippen LogP contribution in [0.15, 0.2) is 85.1 Å². The molecule has 6 nitrogen and oxygen atoms in total. The molecule has 5 rings (SSSR count). The fourth-order valence-electron chi connectivity index (χ4n) is 5.04. The summed E-state index contributed by atoms with van der Waals surface area (Å²) in [6.45, 7) is 4.38. The monoisotopic (exact) mass is 513 g/mol. The van der Waals surface area contributed by atoms with Crippen LogP contribution in [0.25, 0.3) is 5.69 Å². The fourth-order valence-corrected chi connectivity index (χ4v) is 5.37. The van der Waals surface area contributed by atoms with Crippen molar-refractivity contribution in [2.24, 2.45) is 0 Å². The van der Waals surface area contributed by atoms with Crippen molar-refractivity contribution in [1.29, 1.82) is 0 Å². The van der Waals surface area contributed by atoms with Crippen LogP contribution in [0.5, 0.6) is 0 Å². The molecule has 1 saturated heterocycles. The molecule has 37 heavy (non-hydrogen) atoms. The lowest BCUT2D eigenvalue weighted by Gasteiger charge is -2.28. The zero-order valence-corrected chi connectivity index (χ0v) is 21.5. The molecule has 4 aromatic rings. The van der Waals surface area contributed by atoms with Gasteiger partial charge in [-0.3, -0.25) is 9.78 Å². The SMILES string of the molecule is Cc1cc([C@H]2[C@H](c3ccccn3)NC(=S)N2CCC(=O)Nc2ccccc2)c(C)n1-c1ccccc1F. The molecule has 188 valence electrons. The Labute approximate surface area is 221 Å². The number of nitrogens with one attached hydrogen (secondary N) is 2. The number of amides is 1. The number of nitrogens with zero attached hydrogens (tertiary/aromatic N) is 3. The second-order valence-corrected chi connectivity index (χ2v) is 9.48. The van der Waals surface area contributed by atoms with Gasteiger partial charge in [-0.1, -0.05) is 36.4 Å². The van der Waals surface area contributed by atoms with Crippen LogP contribution in [0.3, 0.4) is 0 Å². The van der Waals surface area contributed by atoms with E-state index >= 15 is 0 Å². The number of benzene rings is 2. The first-order valence-corrected chi connectivity index (χ1v) is 12.6. The van der Waals surface area contributed by atoms with E-state index in [0.717, 1.165) is 28.3 Å². The standard InChI is InChI=1S/C29H28FN5OS/c1-19-18-22(20(2)35(19)25-14-7-6-12-23(25)30)28-27(24-13-8-9-16-31-24)33-29(37)34(28)17-15-26(36)32-21-10-4-3-5-11-21/h3-14,16,18,27-28H,15,17H2,1-2H3,(H,32,36)(H,33,37)/t27-,28-/m0/s1. The number of carbonyl (C=O) groups excluding carboxylic acids is 1. The molecule has 2 atom stereocenters. The van der Waals surface area contributed by atoms with Crippen molar-refractivity contribution < 1.29 is 9.18 Å². The van der Waals surface area contributed by atoms with E-state index in [-0.39, 0.29) is 30.2 Å². The molecular weight excluding hydrogens is 485 g/mol. The molecule has 1 amide bonds. The third kappa shape index (κ3) is 4.97. The lowest BCUT2D eigenvalue weighted by atomic mass is 9.96. The summed E-state index contributed by atoms with van der Waals surface area (Å²) >= 11 is 5.76. The molecule has 0 radical (unpaired) electrons. The summed E-state index contributed by atoms with van der Waals surface area (Å²) in [6.07, 6.45) is 2.02. The van der Waals surface area contributed by atoms with Crippen molar-refractivity contribution in [3.63, 3.8) is 0 Å². The molecule has 1 fully saturated rings. The third-order valence-corrected chi connectivity index (χ3v) is 7.07. The summed E-state index contributed by atoms with van der Waals surface area (Å²) in [4.78, 5) is 19.4. The van der Waals surface area contributed by atoms with Gasteiger partial charge in [-0.05, 0) is 74.1 Å². The average molecular weight is 514 g/mol. The maximum Gasteiger partial charge on any atom is 0.226 e. The number of hydrogen-bond donors (Lipinski definition) is 2. The Morgan fingerprint density at radius 3 is 2.51 bits per heavy atom. The van der Waals surface area contributed by atoms with E-state index < -0.39 is 0 Å². The highest BCUT2D eigenvalue weighted by Gasteiger charge is 2.41. The lowest BCUT2D eigenvalue weighted by Crippen LogP contribution is -2.32. The van der Waals surface area contributed by atoms with Crippen molar-refractivity contribution in [3.05, 3.63) is 114 Å². The van der Waals surface area contributed by atoms with Crippen LogP contribution >= 0.6 is 12.2 Å². The van der Waals surface area contributed by atoms with Crippen molar-refractivity contribution >= 4 is 28.9 Å². The van der Waals surface area contributed by atoms with Crippen molar-refractivity contribution in [3.8, 4) is 5.69 Å². The quantitative estimate of drug-likeness (QED) is 0.314. The van der Waals surface area contributed by atoms with Gasteiger partial charge in [0.15, 0.2) is 5.11 Å². The first kappa shape index (κ1) is 24.6. The van der Waals surface area contributed by atoms with E-state index in [1.54, 1.807) is 18.3 Å². The maximum atomic E-state index is 14.8. The van der Waals surface area contributed by atoms with Gasteiger partial charge in [-0.15, -0.1) is 0 Å². The molecule has 0 aliphatic carbocycles. The van der Waals surface area contributed by atoms with Crippen LogP contribution in [-0.4, -0.2) is 32.0 Å². The number of hydrogen-bond acceptors (Lipinski definition) is 3. The number of rotatable bonds is 7. The van der Waals surface area contributed by atoms with E-state index in [0.29, 0.717) is 17.3 Å². The van der Waals surface area contributed by atoms with E-state index in [9.17, 15) is 9.18 Å². The Hall–Kier alpha value is -4.04. The van der Waals surface area contributed by atoms with Crippen LogP contribution in [0.2, 0.25) is 0 Å². The summed E-state index contributed by atoms with van der Waals surface area (Å²) in [6, 6.07) is 23.6. The summed E-state index contributed by atoms with van der Waals surface area (Å²) in [7, 11) is 0. The van der Waals surface area contributed by atoms with Crippen LogP contribution < -0.4 is 10.6 Å². The number of para-hydroxylation sites is 2. The lowest BCUT2D eigenvalue weighted by molar-refractivity contribution is -0.116. The molecule has 3 heterocycles. The molecule has 2 aromatic carbocycles. The topological polar surface area (TPSA) is 62.2 Å². The van der Waals surface area contributed by atoms with E-state index in [2.05, 4.69) is 21.7 Å². The Morgan fingerprint density at radius 1 is 1.05 bits per heavy atom. The Balaban J connectivity index is 1.49. The van der Waals surface area contributed by atoms with Gasteiger partial charge >= 0.3 is 0 Å². The van der Waals surface area contributed by atoms with Gasteiger partial charge in [-0.2, -0.15) is 0 Å². The Kier molecular flexibility index (Phi) is 7.01. The molecule has 1 aliphatic heterocycles. The predicted molar refractivity (Wildman–Crippen MR) is 147 cm³/mol. The molecule has 0 spiro atoms. The van der Waals surface area contributed by atoms with Crippen LogP contribution in [0.4, 0.5) is 10.1 Å². The number of aryl methyl sites for hydroxylation is 1. The van der Waals surface area contributed by atoms with Crippen molar-refractivity contribution in [2.45, 2.75) is 32.4 Å². The molecule has 1 aliphatic rings. The Morgan fingerprint density at radius 2 is 1.78 bits per heavy atom. The fraction of sp³-hybridized carbons (Fsp3) is 0.207. The van der Waals surface area contributed by atoms with Crippen molar-refractivity contribution in [1.82, 2.24) is 19.8 Å². The minimum Gasteiger partial charge on any atom is -0.352 e. The number of pyridine rings is 1. The van der Waals surface area contributed by atoms with Gasteiger partial charge in [-0.25, -0.2) is 4.39 Å². The molecular formula is C29H28FN5OS. The third-order valence-electron chi connectivity index (χ3n) is 6.72. The molecule has 2 aromatic heterocycles. The van der Waals surface area contributed by atoms with E-state index in [1.807, 2.05) is 77.9 Å². The first-order chi connectivity index (χ1) is 17.9. The second kappa shape index (κ2) is 10.5. The highest BCUT2D eigenvalue weighted by atomic mass is 32.1. The average Bonchev–Trinajstić information content (AvgIpc) is 3.38. The number of thiocarbonyl (C=S) groups is 1. The van der Waals surface area contributed by atoms with Gasteiger partial charge in [0.05, 0.1) is 23.5 Å². The van der Waals surface area contributed by atoms with Crippen LogP contribution in [0.1, 0.15) is 41.1 Å². The number of anilines is 1. The smallest absolute Gasteiger partial charge is 0.226 e. The summed E-state index contributed by atoms with van der Waals surface area (Å²) in [5.74, 6) is -0.377. The van der Waals surface area contributed by atoms with Crippen LogP contribution in [-0.2, 0) is 4.79 Å². The van der Waals surface area contributed by atoms with Gasteiger partial charge in [0.25, 0.3) is 0 Å². The predicted octanol–water partition coefficient (Wildman–Crippen LogP) is 5.63. The molecule has 2 N–H and O–H groups in total. The zero-order valence-electron chi connectivity index (χ0n) is 20.7. The zero-order chi connectivity index (χ0) is 25.9. The summed E-state index contributed by atoms with van der Waals surface area (Å²) < 4.78 is 16.7. The highest BCUT2D eigenvalue weighted by molar-refractivity contribution is 7.80. The molecule has 0 unspecified atom stereocenters. The van der Waals surface area contributed by atoms with Gasteiger partial charge in [0, 0.05) is 36.2 Å². The largest absolute Gasteiger partial charge is 0.352 e. The number of aromatic nitrogens is 2. The van der Waals surface area contributed by atoms with Gasteiger partial charge < -0.3 is 20.1 Å².